The molecule has 1 aromatic carbocycles. The largest absolute Gasteiger partial charge is 0.395 e. The minimum absolute atomic E-state index is 0.112. The molecule has 0 aromatic heterocycles. The van der Waals surface area contributed by atoms with Crippen LogP contribution in [0.3, 0.4) is 0 Å². The van der Waals surface area contributed by atoms with E-state index in [1.807, 2.05) is 35.8 Å². The molecule has 0 spiro atoms. The molecule has 0 aliphatic carbocycles. The molecule has 0 bridgehead atoms. The molecule has 0 atom stereocenters. The summed E-state index contributed by atoms with van der Waals surface area (Å²) in [4.78, 5) is 4.03. The Balaban J connectivity index is 2.64. The first-order chi connectivity index (χ1) is 12.6. The highest BCUT2D eigenvalue weighted by Crippen LogP contribution is 2.24. The van der Waals surface area contributed by atoms with Crippen LogP contribution in [0.2, 0.25) is 0 Å². The van der Waals surface area contributed by atoms with Gasteiger partial charge in [0.05, 0.1) is 13.2 Å². The van der Waals surface area contributed by atoms with E-state index in [1.165, 1.54) is 11.1 Å². The summed E-state index contributed by atoms with van der Waals surface area (Å²) in [7, 11) is 0. The van der Waals surface area contributed by atoms with Gasteiger partial charge in [-0.25, -0.2) is 0 Å². The molecule has 0 fully saturated rings. The van der Waals surface area contributed by atoms with Crippen molar-refractivity contribution in [2.24, 2.45) is 0 Å². The molecule has 146 valence electrons. The molecule has 0 radical (unpaired) electrons. The lowest BCUT2D eigenvalue weighted by Gasteiger charge is -2.23. The van der Waals surface area contributed by atoms with Crippen molar-refractivity contribution in [1.82, 2.24) is 9.80 Å². The van der Waals surface area contributed by atoms with Gasteiger partial charge in [-0.3, -0.25) is 0 Å². The molecule has 0 saturated heterocycles. The van der Waals surface area contributed by atoms with Gasteiger partial charge in [0.2, 0.25) is 0 Å². The van der Waals surface area contributed by atoms with Gasteiger partial charge in [0, 0.05) is 37.7 Å². The lowest BCUT2D eigenvalue weighted by Crippen LogP contribution is -2.30. The van der Waals surface area contributed by atoms with Gasteiger partial charge in [-0.05, 0) is 25.0 Å². The molecule has 0 amide bonds. The third-order valence-corrected chi connectivity index (χ3v) is 6.98. The second-order valence-electron chi connectivity index (χ2n) is 5.48. The normalized spacial score (nSPS) is 10.6. The lowest BCUT2D eigenvalue weighted by atomic mass is 10.1. The minimum atomic E-state index is 0.112. The highest BCUT2D eigenvalue weighted by molar-refractivity contribution is 8.22. The second kappa shape index (κ2) is 13.7. The van der Waals surface area contributed by atoms with E-state index in [0.717, 1.165) is 33.2 Å². The third-order valence-electron chi connectivity index (χ3n) is 3.84. The Morgan fingerprint density at radius 3 is 1.54 bits per heavy atom. The molecule has 0 unspecified atom stereocenters. The van der Waals surface area contributed by atoms with Gasteiger partial charge < -0.3 is 20.0 Å². The zero-order valence-electron chi connectivity index (χ0n) is 15.4. The first kappa shape index (κ1) is 23.7. The lowest BCUT2D eigenvalue weighted by molar-refractivity contribution is 0.256. The van der Waals surface area contributed by atoms with Crippen molar-refractivity contribution >= 4 is 56.6 Å². The van der Waals surface area contributed by atoms with Gasteiger partial charge in [0.1, 0.15) is 8.64 Å². The SMILES string of the molecule is CCN(CCO)C(=S)SCc1ccccc1CSC(=S)N(CC)CCO. The summed E-state index contributed by atoms with van der Waals surface area (Å²) in [5.41, 5.74) is 2.50. The number of benzene rings is 1. The van der Waals surface area contributed by atoms with Gasteiger partial charge in [0.25, 0.3) is 0 Å². The van der Waals surface area contributed by atoms with E-state index in [2.05, 4.69) is 12.1 Å². The van der Waals surface area contributed by atoms with Crippen molar-refractivity contribution in [3.05, 3.63) is 35.4 Å². The molecule has 1 aromatic rings. The Hall–Kier alpha value is -0.380. The fourth-order valence-electron chi connectivity index (χ4n) is 2.30. The van der Waals surface area contributed by atoms with Crippen LogP contribution in [0.15, 0.2) is 24.3 Å². The van der Waals surface area contributed by atoms with Crippen LogP contribution in [-0.4, -0.2) is 68.0 Å². The molecule has 26 heavy (non-hydrogen) atoms. The number of aliphatic hydroxyl groups is 2. The number of hydrogen-bond acceptors (Lipinski definition) is 6. The molecular formula is C18H28N2O2S4. The molecule has 0 saturated carbocycles. The zero-order chi connectivity index (χ0) is 19.4. The predicted octanol–water partition coefficient (Wildman–Crippen LogP) is 3.35. The Morgan fingerprint density at radius 2 is 1.23 bits per heavy atom. The van der Waals surface area contributed by atoms with Crippen LogP contribution in [0, 0.1) is 0 Å². The van der Waals surface area contributed by atoms with Gasteiger partial charge in [-0.1, -0.05) is 72.2 Å². The fraction of sp³-hybridized carbons (Fsp3) is 0.556. The van der Waals surface area contributed by atoms with Crippen molar-refractivity contribution in [1.29, 1.82) is 0 Å². The van der Waals surface area contributed by atoms with Crippen molar-refractivity contribution in [2.75, 3.05) is 39.4 Å². The quantitative estimate of drug-likeness (QED) is 0.546. The van der Waals surface area contributed by atoms with E-state index < -0.39 is 0 Å². The van der Waals surface area contributed by atoms with Crippen LogP contribution < -0.4 is 0 Å². The molecule has 1 rings (SSSR count). The van der Waals surface area contributed by atoms with E-state index in [-0.39, 0.29) is 13.2 Å². The molecule has 0 heterocycles. The summed E-state index contributed by atoms with van der Waals surface area (Å²) >= 11 is 14.2. The summed E-state index contributed by atoms with van der Waals surface area (Å²) in [5.74, 6) is 1.61. The van der Waals surface area contributed by atoms with Gasteiger partial charge in [0.15, 0.2) is 0 Å². The van der Waals surface area contributed by atoms with Crippen LogP contribution in [0.1, 0.15) is 25.0 Å². The summed E-state index contributed by atoms with van der Waals surface area (Å²) in [6.45, 7) is 7.06. The Bertz CT molecular complexity index is 523. The van der Waals surface area contributed by atoms with Gasteiger partial charge in [-0.15, -0.1) is 0 Å². The van der Waals surface area contributed by atoms with E-state index in [9.17, 15) is 0 Å². The number of rotatable bonds is 10. The maximum absolute atomic E-state index is 9.13. The Labute approximate surface area is 176 Å². The number of likely N-dealkylation sites (N-methyl/N-ethyl adjacent to an activating group) is 2. The standard InChI is InChI=1S/C18H28N2O2S4/c1-3-19(9-11-21)17(23)25-13-15-7-5-6-8-16(15)14-26-18(24)20(4-2)10-12-22/h5-8,21-22H,3-4,9-14H2,1-2H3. The highest BCUT2D eigenvalue weighted by atomic mass is 32.2. The predicted molar refractivity (Wildman–Crippen MR) is 123 cm³/mol. The van der Waals surface area contributed by atoms with Crippen LogP contribution in [0.5, 0.6) is 0 Å². The number of thioether (sulfide) groups is 2. The fourth-order valence-corrected chi connectivity index (χ4v) is 5.02. The number of nitrogens with zero attached hydrogens (tertiary/aromatic N) is 2. The highest BCUT2D eigenvalue weighted by Gasteiger charge is 2.12. The third kappa shape index (κ3) is 8.10. The van der Waals surface area contributed by atoms with Gasteiger partial charge in [-0.2, -0.15) is 0 Å². The average Bonchev–Trinajstić information content (AvgIpc) is 2.67. The van der Waals surface area contributed by atoms with Crippen LogP contribution in [0.4, 0.5) is 0 Å². The van der Waals surface area contributed by atoms with Crippen molar-refractivity contribution in [3.63, 3.8) is 0 Å². The molecule has 0 aliphatic heterocycles. The van der Waals surface area contributed by atoms with Crippen molar-refractivity contribution in [3.8, 4) is 0 Å². The summed E-state index contributed by atoms with van der Waals surface area (Å²) in [5, 5.41) is 18.3. The van der Waals surface area contributed by atoms with E-state index >= 15 is 0 Å². The van der Waals surface area contributed by atoms with E-state index in [1.54, 1.807) is 23.5 Å². The van der Waals surface area contributed by atoms with Crippen molar-refractivity contribution in [2.45, 2.75) is 25.4 Å². The maximum atomic E-state index is 9.13. The van der Waals surface area contributed by atoms with Crippen molar-refractivity contribution < 1.29 is 10.2 Å². The minimum Gasteiger partial charge on any atom is -0.395 e. The summed E-state index contributed by atoms with van der Waals surface area (Å²) in [6.07, 6.45) is 0. The topological polar surface area (TPSA) is 46.9 Å². The van der Waals surface area contributed by atoms with E-state index in [4.69, 9.17) is 34.6 Å². The Kier molecular flexibility index (Phi) is 12.5. The molecule has 2 N–H and O–H groups in total. The number of thiocarbonyl (C=S) groups is 2. The monoisotopic (exact) mass is 432 g/mol. The summed E-state index contributed by atoms with van der Waals surface area (Å²) in [6, 6.07) is 8.34. The first-order valence-corrected chi connectivity index (χ1v) is 11.5. The first-order valence-electron chi connectivity index (χ1n) is 8.69. The van der Waals surface area contributed by atoms with Crippen LogP contribution in [-0.2, 0) is 11.5 Å². The van der Waals surface area contributed by atoms with E-state index in [0.29, 0.717) is 13.1 Å². The maximum Gasteiger partial charge on any atom is 0.136 e. The Morgan fingerprint density at radius 1 is 0.846 bits per heavy atom. The van der Waals surface area contributed by atoms with Crippen LogP contribution in [0.25, 0.3) is 0 Å². The molecule has 8 heteroatoms. The number of aliphatic hydroxyl groups excluding tert-OH is 2. The second-order valence-corrected chi connectivity index (χ2v) is 8.70. The van der Waals surface area contributed by atoms with Crippen LogP contribution >= 0.6 is 48.0 Å². The summed E-state index contributed by atoms with van der Waals surface area (Å²) < 4.78 is 1.64. The molecule has 4 nitrogen and oxygen atoms in total. The average molecular weight is 433 g/mol. The molecular weight excluding hydrogens is 404 g/mol. The zero-order valence-corrected chi connectivity index (χ0v) is 18.7. The van der Waals surface area contributed by atoms with Gasteiger partial charge >= 0.3 is 0 Å². The molecule has 0 aliphatic rings. The smallest absolute Gasteiger partial charge is 0.136 e. The number of hydrogen-bond donors (Lipinski definition) is 2.